The van der Waals surface area contributed by atoms with Gasteiger partial charge in [0.25, 0.3) is 0 Å². The van der Waals surface area contributed by atoms with Gasteiger partial charge >= 0.3 is 5.97 Å². The first-order valence-corrected chi connectivity index (χ1v) is 4.15. The Balaban J connectivity index is 2.84. The standard InChI is InChI=1S/C11H11NO2/c1-14-11(13)6-5-9-3-2-4-10(7-9)8-12/h2-4,7H,8,12H2,1H3. The molecule has 0 spiro atoms. The molecule has 0 amide bonds. The Morgan fingerprint density at radius 2 is 2.36 bits per heavy atom. The predicted octanol–water partition coefficient (Wildman–Crippen LogP) is 0.670. The summed E-state index contributed by atoms with van der Waals surface area (Å²) in [4.78, 5) is 10.7. The monoisotopic (exact) mass is 189 g/mol. The quantitative estimate of drug-likeness (QED) is 0.522. The van der Waals surface area contributed by atoms with Gasteiger partial charge in [-0.25, -0.2) is 4.79 Å². The Labute approximate surface area is 82.9 Å². The van der Waals surface area contributed by atoms with E-state index in [0.717, 1.165) is 11.1 Å². The molecule has 0 aliphatic heterocycles. The normalized spacial score (nSPS) is 8.71. The van der Waals surface area contributed by atoms with Crippen molar-refractivity contribution in [3.63, 3.8) is 0 Å². The zero-order chi connectivity index (χ0) is 10.4. The van der Waals surface area contributed by atoms with Gasteiger partial charge < -0.3 is 10.5 Å². The highest BCUT2D eigenvalue weighted by molar-refractivity contribution is 5.88. The van der Waals surface area contributed by atoms with Gasteiger partial charge in [-0.2, -0.15) is 0 Å². The summed E-state index contributed by atoms with van der Waals surface area (Å²) in [5, 5.41) is 0. The molecule has 0 unspecified atom stereocenters. The molecule has 3 nitrogen and oxygen atoms in total. The minimum atomic E-state index is -0.539. The Kier molecular flexibility index (Phi) is 3.71. The van der Waals surface area contributed by atoms with Gasteiger partial charge in [0.15, 0.2) is 0 Å². The van der Waals surface area contributed by atoms with E-state index in [9.17, 15) is 4.79 Å². The van der Waals surface area contributed by atoms with Crippen molar-refractivity contribution in [2.75, 3.05) is 7.11 Å². The van der Waals surface area contributed by atoms with Gasteiger partial charge in [-0.15, -0.1) is 0 Å². The van der Waals surface area contributed by atoms with Crippen molar-refractivity contribution >= 4 is 5.97 Å². The van der Waals surface area contributed by atoms with Crippen molar-refractivity contribution in [3.8, 4) is 11.8 Å². The van der Waals surface area contributed by atoms with Crippen molar-refractivity contribution in [1.29, 1.82) is 0 Å². The molecule has 1 rings (SSSR count). The summed E-state index contributed by atoms with van der Waals surface area (Å²) in [6.45, 7) is 0.466. The van der Waals surface area contributed by atoms with Crippen LogP contribution in [0.2, 0.25) is 0 Å². The molecule has 0 heterocycles. The SMILES string of the molecule is COC(=O)C#Cc1cccc(CN)c1. The first-order chi connectivity index (χ1) is 6.76. The summed E-state index contributed by atoms with van der Waals surface area (Å²) in [6, 6.07) is 7.41. The van der Waals surface area contributed by atoms with Crippen LogP contribution in [0.15, 0.2) is 24.3 Å². The highest BCUT2D eigenvalue weighted by Gasteiger charge is 1.92. The second kappa shape index (κ2) is 5.05. The summed E-state index contributed by atoms with van der Waals surface area (Å²) >= 11 is 0. The van der Waals surface area contributed by atoms with E-state index in [1.165, 1.54) is 7.11 Å². The molecular formula is C11H11NO2. The molecule has 0 aliphatic rings. The fraction of sp³-hybridized carbons (Fsp3) is 0.182. The molecule has 0 bridgehead atoms. The number of benzene rings is 1. The zero-order valence-electron chi connectivity index (χ0n) is 7.91. The number of ether oxygens (including phenoxy) is 1. The Morgan fingerprint density at radius 1 is 1.57 bits per heavy atom. The molecule has 0 aliphatic carbocycles. The molecule has 1 aromatic rings. The molecular weight excluding hydrogens is 178 g/mol. The number of hydrogen-bond acceptors (Lipinski definition) is 3. The minimum Gasteiger partial charge on any atom is -0.459 e. The molecule has 0 saturated heterocycles. The molecule has 3 heteroatoms. The van der Waals surface area contributed by atoms with Crippen LogP contribution in [-0.4, -0.2) is 13.1 Å². The van der Waals surface area contributed by atoms with Crippen LogP contribution in [0.3, 0.4) is 0 Å². The zero-order valence-corrected chi connectivity index (χ0v) is 7.91. The number of methoxy groups -OCH3 is 1. The van der Waals surface area contributed by atoms with Crippen molar-refractivity contribution in [2.24, 2.45) is 5.73 Å². The summed E-state index contributed by atoms with van der Waals surface area (Å²) in [5.74, 6) is 4.50. The van der Waals surface area contributed by atoms with E-state index < -0.39 is 5.97 Å². The topological polar surface area (TPSA) is 52.3 Å². The maximum atomic E-state index is 10.7. The summed E-state index contributed by atoms with van der Waals surface area (Å²) in [7, 11) is 1.30. The van der Waals surface area contributed by atoms with Crippen molar-refractivity contribution in [2.45, 2.75) is 6.54 Å². The van der Waals surface area contributed by atoms with Crippen LogP contribution in [0.25, 0.3) is 0 Å². The first kappa shape index (κ1) is 10.3. The Hall–Kier alpha value is -1.79. The van der Waals surface area contributed by atoms with Gasteiger partial charge in [0, 0.05) is 18.0 Å². The van der Waals surface area contributed by atoms with Crippen LogP contribution < -0.4 is 5.73 Å². The highest BCUT2D eigenvalue weighted by Crippen LogP contribution is 2.02. The van der Waals surface area contributed by atoms with E-state index in [1.807, 2.05) is 24.3 Å². The number of hydrogen-bond donors (Lipinski definition) is 1. The van der Waals surface area contributed by atoms with Crippen molar-refractivity contribution in [3.05, 3.63) is 35.4 Å². The maximum absolute atomic E-state index is 10.7. The van der Waals surface area contributed by atoms with Gasteiger partial charge in [-0.05, 0) is 17.7 Å². The van der Waals surface area contributed by atoms with E-state index in [0.29, 0.717) is 6.54 Å². The second-order valence-electron chi connectivity index (χ2n) is 2.65. The largest absolute Gasteiger partial charge is 0.459 e. The highest BCUT2D eigenvalue weighted by atomic mass is 16.5. The fourth-order valence-corrected chi connectivity index (χ4v) is 0.950. The van der Waals surface area contributed by atoms with Gasteiger partial charge in [0.2, 0.25) is 0 Å². The number of carbonyl (C=O) groups excluding carboxylic acids is 1. The average molecular weight is 189 g/mol. The average Bonchev–Trinajstić information content (AvgIpc) is 2.26. The van der Waals surface area contributed by atoms with E-state index in [2.05, 4.69) is 16.6 Å². The molecule has 72 valence electrons. The maximum Gasteiger partial charge on any atom is 0.384 e. The molecule has 14 heavy (non-hydrogen) atoms. The third-order valence-electron chi connectivity index (χ3n) is 1.66. The van der Waals surface area contributed by atoms with E-state index in [4.69, 9.17) is 5.73 Å². The first-order valence-electron chi connectivity index (χ1n) is 4.15. The van der Waals surface area contributed by atoms with E-state index in [-0.39, 0.29) is 0 Å². The number of nitrogens with two attached hydrogens (primary N) is 1. The van der Waals surface area contributed by atoms with Crippen molar-refractivity contribution in [1.82, 2.24) is 0 Å². The van der Waals surface area contributed by atoms with E-state index >= 15 is 0 Å². The third-order valence-corrected chi connectivity index (χ3v) is 1.66. The second-order valence-corrected chi connectivity index (χ2v) is 2.65. The van der Waals surface area contributed by atoms with Crippen molar-refractivity contribution < 1.29 is 9.53 Å². The molecule has 1 aromatic carbocycles. The molecule has 0 radical (unpaired) electrons. The Bertz CT molecular complexity index is 388. The summed E-state index contributed by atoms with van der Waals surface area (Å²) in [6.07, 6.45) is 0. The van der Waals surface area contributed by atoms with Crippen LogP contribution in [0.1, 0.15) is 11.1 Å². The number of esters is 1. The number of rotatable bonds is 1. The lowest BCUT2D eigenvalue weighted by Gasteiger charge is -1.95. The minimum absolute atomic E-state index is 0.466. The van der Waals surface area contributed by atoms with Crippen LogP contribution in [0.5, 0.6) is 0 Å². The van der Waals surface area contributed by atoms with Crippen LogP contribution in [-0.2, 0) is 16.1 Å². The van der Waals surface area contributed by atoms with Crippen LogP contribution in [0, 0.1) is 11.8 Å². The smallest absolute Gasteiger partial charge is 0.384 e. The van der Waals surface area contributed by atoms with Gasteiger partial charge in [-0.3, -0.25) is 0 Å². The summed E-state index contributed by atoms with van der Waals surface area (Å²) < 4.78 is 4.39. The molecule has 0 aromatic heterocycles. The van der Waals surface area contributed by atoms with Crippen LogP contribution >= 0.6 is 0 Å². The Morgan fingerprint density at radius 3 is 3.00 bits per heavy atom. The lowest BCUT2D eigenvalue weighted by Crippen LogP contribution is -1.96. The third kappa shape index (κ3) is 2.92. The molecule has 0 atom stereocenters. The van der Waals surface area contributed by atoms with Gasteiger partial charge in [0.05, 0.1) is 7.11 Å². The fourth-order valence-electron chi connectivity index (χ4n) is 0.950. The lowest BCUT2D eigenvalue weighted by atomic mass is 10.1. The van der Waals surface area contributed by atoms with E-state index in [1.54, 1.807) is 0 Å². The molecule has 0 fully saturated rings. The van der Waals surface area contributed by atoms with Crippen LogP contribution in [0.4, 0.5) is 0 Å². The lowest BCUT2D eigenvalue weighted by molar-refractivity contribution is -0.133. The predicted molar refractivity (Wildman–Crippen MR) is 53.2 cm³/mol. The van der Waals surface area contributed by atoms with Gasteiger partial charge in [0.1, 0.15) is 0 Å². The number of carbonyl (C=O) groups is 1. The van der Waals surface area contributed by atoms with Gasteiger partial charge in [-0.1, -0.05) is 18.1 Å². The molecule has 0 saturated carbocycles. The molecule has 2 N–H and O–H groups in total. The summed E-state index contributed by atoms with van der Waals surface area (Å²) in [5.41, 5.74) is 7.21.